The van der Waals surface area contributed by atoms with Gasteiger partial charge in [0.2, 0.25) is 0 Å². The van der Waals surface area contributed by atoms with Crippen LogP contribution in [0.3, 0.4) is 0 Å². The van der Waals surface area contributed by atoms with Gasteiger partial charge in [-0.15, -0.1) is 0 Å². The first-order valence-electron chi connectivity index (χ1n) is 8.39. The number of ether oxygens (including phenoxy) is 1. The SMILES string of the molecule is CCNCC1CCC(C)(C)CC1CC1CCOCC1. The van der Waals surface area contributed by atoms with Gasteiger partial charge in [0, 0.05) is 13.2 Å². The van der Waals surface area contributed by atoms with Crippen molar-refractivity contribution in [1.82, 2.24) is 5.32 Å². The molecule has 0 aromatic rings. The predicted molar refractivity (Wildman–Crippen MR) is 81.3 cm³/mol. The average Bonchev–Trinajstić information content (AvgIpc) is 2.38. The van der Waals surface area contributed by atoms with Gasteiger partial charge in [-0.05, 0) is 74.8 Å². The Kier molecular flexibility index (Phi) is 5.70. The first-order chi connectivity index (χ1) is 9.11. The van der Waals surface area contributed by atoms with Crippen LogP contribution >= 0.6 is 0 Å². The van der Waals surface area contributed by atoms with E-state index >= 15 is 0 Å². The van der Waals surface area contributed by atoms with Crippen LogP contribution in [0.15, 0.2) is 0 Å². The molecule has 2 atom stereocenters. The molecular weight excluding hydrogens is 234 g/mol. The highest BCUT2D eigenvalue weighted by Gasteiger charge is 2.35. The number of hydrogen-bond donors (Lipinski definition) is 1. The summed E-state index contributed by atoms with van der Waals surface area (Å²) in [5.41, 5.74) is 0.568. The first-order valence-corrected chi connectivity index (χ1v) is 8.39. The smallest absolute Gasteiger partial charge is 0.0468 e. The molecule has 1 aliphatic carbocycles. The fraction of sp³-hybridized carbons (Fsp3) is 1.00. The first kappa shape index (κ1) is 15.3. The molecule has 0 amide bonds. The molecule has 2 unspecified atom stereocenters. The van der Waals surface area contributed by atoms with E-state index in [1.54, 1.807) is 0 Å². The van der Waals surface area contributed by atoms with E-state index < -0.39 is 0 Å². The summed E-state index contributed by atoms with van der Waals surface area (Å²) >= 11 is 0. The third-order valence-electron chi connectivity index (χ3n) is 5.31. The van der Waals surface area contributed by atoms with Crippen molar-refractivity contribution in [2.24, 2.45) is 23.2 Å². The Morgan fingerprint density at radius 2 is 1.84 bits per heavy atom. The van der Waals surface area contributed by atoms with E-state index in [1.165, 1.54) is 45.1 Å². The topological polar surface area (TPSA) is 21.3 Å². The van der Waals surface area contributed by atoms with Crippen LogP contribution < -0.4 is 5.32 Å². The average molecular weight is 267 g/mol. The van der Waals surface area contributed by atoms with Crippen molar-refractivity contribution >= 4 is 0 Å². The van der Waals surface area contributed by atoms with Gasteiger partial charge >= 0.3 is 0 Å². The van der Waals surface area contributed by atoms with E-state index in [0.717, 1.165) is 37.5 Å². The van der Waals surface area contributed by atoms with E-state index in [0.29, 0.717) is 5.41 Å². The number of nitrogens with one attached hydrogen (secondary N) is 1. The highest BCUT2D eigenvalue weighted by molar-refractivity contribution is 4.87. The van der Waals surface area contributed by atoms with Crippen LogP contribution in [-0.4, -0.2) is 26.3 Å². The molecule has 1 aliphatic heterocycles. The minimum absolute atomic E-state index is 0.568. The minimum atomic E-state index is 0.568. The van der Waals surface area contributed by atoms with Crippen LogP contribution in [0.25, 0.3) is 0 Å². The monoisotopic (exact) mass is 267 g/mol. The molecule has 112 valence electrons. The maximum absolute atomic E-state index is 5.51. The Morgan fingerprint density at radius 1 is 1.11 bits per heavy atom. The van der Waals surface area contributed by atoms with Gasteiger partial charge in [-0.3, -0.25) is 0 Å². The Balaban J connectivity index is 1.89. The summed E-state index contributed by atoms with van der Waals surface area (Å²) in [5, 5.41) is 3.59. The molecule has 0 bridgehead atoms. The van der Waals surface area contributed by atoms with Gasteiger partial charge in [0.1, 0.15) is 0 Å². The lowest BCUT2D eigenvalue weighted by Crippen LogP contribution is -2.37. The van der Waals surface area contributed by atoms with E-state index in [2.05, 4.69) is 26.1 Å². The number of rotatable bonds is 5. The molecule has 1 heterocycles. The van der Waals surface area contributed by atoms with Crippen LogP contribution in [0, 0.1) is 23.2 Å². The van der Waals surface area contributed by atoms with Crippen molar-refractivity contribution in [3.8, 4) is 0 Å². The van der Waals surface area contributed by atoms with Crippen LogP contribution in [0.2, 0.25) is 0 Å². The van der Waals surface area contributed by atoms with E-state index in [1.807, 2.05) is 0 Å². The van der Waals surface area contributed by atoms with Crippen molar-refractivity contribution in [3.63, 3.8) is 0 Å². The largest absolute Gasteiger partial charge is 0.381 e. The highest BCUT2D eigenvalue weighted by Crippen LogP contribution is 2.44. The van der Waals surface area contributed by atoms with Crippen LogP contribution in [0.5, 0.6) is 0 Å². The van der Waals surface area contributed by atoms with E-state index in [9.17, 15) is 0 Å². The fourth-order valence-corrected chi connectivity index (χ4v) is 4.07. The zero-order valence-corrected chi connectivity index (χ0v) is 13.2. The second-order valence-electron chi connectivity index (χ2n) is 7.53. The summed E-state index contributed by atoms with van der Waals surface area (Å²) in [6.45, 7) is 11.5. The van der Waals surface area contributed by atoms with Crippen molar-refractivity contribution in [2.45, 2.75) is 59.3 Å². The predicted octanol–water partition coefficient (Wildman–Crippen LogP) is 3.86. The standard InChI is InChI=1S/C17H33NO/c1-4-18-13-15-5-8-17(2,3)12-16(15)11-14-6-9-19-10-7-14/h14-16,18H,4-13H2,1-3H3. The number of hydrogen-bond acceptors (Lipinski definition) is 2. The van der Waals surface area contributed by atoms with E-state index in [4.69, 9.17) is 4.74 Å². The molecule has 2 nitrogen and oxygen atoms in total. The van der Waals surface area contributed by atoms with Crippen molar-refractivity contribution in [1.29, 1.82) is 0 Å². The molecule has 2 fully saturated rings. The molecule has 0 aromatic heterocycles. The quantitative estimate of drug-likeness (QED) is 0.817. The molecule has 1 saturated carbocycles. The molecule has 0 radical (unpaired) electrons. The fourth-order valence-electron chi connectivity index (χ4n) is 4.07. The second kappa shape index (κ2) is 7.08. The Bertz CT molecular complexity index is 258. The lowest BCUT2D eigenvalue weighted by Gasteiger charge is -2.42. The molecule has 1 N–H and O–H groups in total. The molecule has 2 rings (SSSR count). The van der Waals surface area contributed by atoms with Crippen LogP contribution in [-0.2, 0) is 4.74 Å². The minimum Gasteiger partial charge on any atom is -0.381 e. The van der Waals surface area contributed by atoms with Gasteiger partial charge in [-0.25, -0.2) is 0 Å². The lowest BCUT2D eigenvalue weighted by molar-refractivity contribution is 0.0379. The molecule has 2 heteroatoms. The summed E-state index contributed by atoms with van der Waals surface area (Å²) in [4.78, 5) is 0. The molecule has 0 aromatic carbocycles. The lowest BCUT2D eigenvalue weighted by atomic mass is 9.64. The van der Waals surface area contributed by atoms with Gasteiger partial charge < -0.3 is 10.1 Å². The second-order valence-corrected chi connectivity index (χ2v) is 7.53. The van der Waals surface area contributed by atoms with E-state index in [-0.39, 0.29) is 0 Å². The molecule has 2 aliphatic rings. The van der Waals surface area contributed by atoms with Gasteiger partial charge in [-0.2, -0.15) is 0 Å². The molecular formula is C17H33NO. The van der Waals surface area contributed by atoms with Gasteiger partial charge in [0.25, 0.3) is 0 Å². The third-order valence-corrected chi connectivity index (χ3v) is 5.31. The molecule has 19 heavy (non-hydrogen) atoms. The van der Waals surface area contributed by atoms with Crippen molar-refractivity contribution < 1.29 is 4.74 Å². The molecule has 1 saturated heterocycles. The zero-order valence-electron chi connectivity index (χ0n) is 13.2. The summed E-state index contributed by atoms with van der Waals surface area (Å²) in [7, 11) is 0. The normalized spacial score (nSPS) is 32.4. The Labute approximate surface area is 119 Å². The van der Waals surface area contributed by atoms with Crippen molar-refractivity contribution in [3.05, 3.63) is 0 Å². The maximum atomic E-state index is 5.51. The van der Waals surface area contributed by atoms with Gasteiger partial charge in [-0.1, -0.05) is 20.8 Å². The molecule has 0 spiro atoms. The Hall–Kier alpha value is -0.0800. The third kappa shape index (κ3) is 4.75. The highest BCUT2D eigenvalue weighted by atomic mass is 16.5. The van der Waals surface area contributed by atoms with Crippen molar-refractivity contribution in [2.75, 3.05) is 26.3 Å². The van der Waals surface area contributed by atoms with Crippen LogP contribution in [0.4, 0.5) is 0 Å². The van der Waals surface area contributed by atoms with Gasteiger partial charge in [0.15, 0.2) is 0 Å². The van der Waals surface area contributed by atoms with Gasteiger partial charge in [0.05, 0.1) is 0 Å². The Morgan fingerprint density at radius 3 is 2.53 bits per heavy atom. The maximum Gasteiger partial charge on any atom is 0.0468 e. The summed E-state index contributed by atoms with van der Waals surface area (Å²) in [6, 6.07) is 0. The summed E-state index contributed by atoms with van der Waals surface area (Å²) < 4.78 is 5.51. The summed E-state index contributed by atoms with van der Waals surface area (Å²) in [6.07, 6.45) is 8.31. The van der Waals surface area contributed by atoms with Crippen LogP contribution in [0.1, 0.15) is 59.3 Å². The summed E-state index contributed by atoms with van der Waals surface area (Å²) in [5.74, 6) is 2.78. The zero-order chi connectivity index (χ0) is 13.7.